The second-order valence-electron chi connectivity index (χ2n) is 3.37. The van der Waals surface area contributed by atoms with Crippen molar-refractivity contribution >= 4 is 5.69 Å². The molecule has 0 bridgehead atoms. The molecule has 1 aliphatic rings. The highest BCUT2D eigenvalue weighted by Gasteiger charge is 2.20. The van der Waals surface area contributed by atoms with Crippen molar-refractivity contribution in [3.8, 4) is 0 Å². The Balaban J connectivity index is 2.16. The summed E-state index contributed by atoms with van der Waals surface area (Å²) in [6.45, 7) is 1.42. The Morgan fingerprint density at radius 3 is 2.92 bits per heavy atom. The fourth-order valence-electron chi connectivity index (χ4n) is 1.65. The van der Waals surface area contributed by atoms with Crippen LogP contribution in [-0.4, -0.2) is 24.3 Å². The van der Waals surface area contributed by atoms with Crippen LogP contribution < -0.4 is 4.90 Å². The molecule has 0 saturated carbocycles. The van der Waals surface area contributed by atoms with Gasteiger partial charge in [0, 0.05) is 18.8 Å². The Kier molecular flexibility index (Phi) is 2.19. The molecular weight excluding hydrogens is 169 g/mol. The smallest absolute Gasteiger partial charge is 0.125 e. The molecule has 1 atom stereocenters. The highest BCUT2D eigenvalue weighted by atomic mass is 19.1. The van der Waals surface area contributed by atoms with Crippen molar-refractivity contribution in [3.63, 3.8) is 0 Å². The van der Waals surface area contributed by atoms with Crippen LogP contribution >= 0.6 is 0 Å². The molecule has 0 aromatic heterocycles. The SMILES string of the molecule is O[C@H]1CCN(c2cccc(F)c2)C1. The number of nitrogens with zero attached hydrogens (tertiary/aromatic N) is 1. The number of halogens is 1. The number of aliphatic hydroxyl groups excluding tert-OH is 1. The highest BCUT2D eigenvalue weighted by molar-refractivity contribution is 5.47. The van der Waals surface area contributed by atoms with Crippen molar-refractivity contribution in [2.45, 2.75) is 12.5 Å². The van der Waals surface area contributed by atoms with Crippen LogP contribution in [0.15, 0.2) is 24.3 Å². The molecule has 1 aromatic rings. The van der Waals surface area contributed by atoms with Gasteiger partial charge in [0.25, 0.3) is 0 Å². The van der Waals surface area contributed by atoms with E-state index in [1.165, 1.54) is 12.1 Å². The topological polar surface area (TPSA) is 23.5 Å². The van der Waals surface area contributed by atoms with Gasteiger partial charge in [-0.25, -0.2) is 4.39 Å². The van der Waals surface area contributed by atoms with E-state index in [4.69, 9.17) is 0 Å². The van der Waals surface area contributed by atoms with E-state index in [1.807, 2.05) is 11.0 Å². The minimum absolute atomic E-state index is 0.223. The first kappa shape index (κ1) is 8.51. The Labute approximate surface area is 76.6 Å². The molecule has 2 nitrogen and oxygen atoms in total. The number of β-amino-alcohol motifs (C(OH)–C–C–N with tert-alkyl or cyclic N) is 1. The molecule has 0 aliphatic carbocycles. The lowest BCUT2D eigenvalue weighted by Crippen LogP contribution is -2.21. The van der Waals surface area contributed by atoms with E-state index in [0.717, 1.165) is 18.7 Å². The zero-order chi connectivity index (χ0) is 9.26. The van der Waals surface area contributed by atoms with Crippen molar-refractivity contribution in [3.05, 3.63) is 30.1 Å². The average Bonchev–Trinajstić information content (AvgIpc) is 2.52. The van der Waals surface area contributed by atoms with Crippen molar-refractivity contribution in [2.75, 3.05) is 18.0 Å². The number of rotatable bonds is 1. The van der Waals surface area contributed by atoms with Crippen molar-refractivity contribution in [1.29, 1.82) is 0 Å². The number of hydrogen-bond donors (Lipinski definition) is 1. The first-order valence-electron chi connectivity index (χ1n) is 4.44. The quantitative estimate of drug-likeness (QED) is 0.707. The molecule has 1 N–H and O–H groups in total. The summed E-state index contributed by atoms with van der Waals surface area (Å²) in [6.07, 6.45) is 0.513. The summed E-state index contributed by atoms with van der Waals surface area (Å²) in [5.74, 6) is -0.223. The van der Waals surface area contributed by atoms with E-state index < -0.39 is 0 Å². The van der Waals surface area contributed by atoms with Gasteiger partial charge in [-0.3, -0.25) is 0 Å². The summed E-state index contributed by atoms with van der Waals surface area (Å²) in [6, 6.07) is 6.48. The second-order valence-corrected chi connectivity index (χ2v) is 3.37. The van der Waals surface area contributed by atoms with Gasteiger partial charge in [-0.2, -0.15) is 0 Å². The minimum Gasteiger partial charge on any atom is -0.391 e. The molecule has 0 unspecified atom stereocenters. The van der Waals surface area contributed by atoms with Gasteiger partial charge in [0.2, 0.25) is 0 Å². The monoisotopic (exact) mass is 181 g/mol. The molecule has 70 valence electrons. The molecular formula is C10H12FNO. The van der Waals surface area contributed by atoms with Crippen molar-refractivity contribution in [1.82, 2.24) is 0 Å². The van der Waals surface area contributed by atoms with Gasteiger partial charge in [0.15, 0.2) is 0 Å². The van der Waals surface area contributed by atoms with E-state index in [9.17, 15) is 9.50 Å². The van der Waals surface area contributed by atoms with Crippen LogP contribution in [0.3, 0.4) is 0 Å². The van der Waals surface area contributed by atoms with Gasteiger partial charge in [0.1, 0.15) is 5.82 Å². The first-order valence-corrected chi connectivity index (χ1v) is 4.44. The first-order chi connectivity index (χ1) is 6.25. The number of anilines is 1. The van der Waals surface area contributed by atoms with Gasteiger partial charge in [-0.15, -0.1) is 0 Å². The van der Waals surface area contributed by atoms with Gasteiger partial charge in [0.05, 0.1) is 6.10 Å². The Morgan fingerprint density at radius 2 is 2.31 bits per heavy atom. The molecule has 0 spiro atoms. The van der Waals surface area contributed by atoms with Gasteiger partial charge >= 0.3 is 0 Å². The number of hydrogen-bond acceptors (Lipinski definition) is 2. The molecule has 3 heteroatoms. The molecule has 1 heterocycles. The van der Waals surface area contributed by atoms with E-state index in [0.29, 0.717) is 6.54 Å². The third-order valence-electron chi connectivity index (χ3n) is 2.34. The number of aliphatic hydroxyl groups is 1. The lowest BCUT2D eigenvalue weighted by molar-refractivity contribution is 0.198. The lowest BCUT2D eigenvalue weighted by atomic mass is 10.3. The van der Waals surface area contributed by atoms with E-state index in [1.54, 1.807) is 6.07 Å². The lowest BCUT2D eigenvalue weighted by Gasteiger charge is -2.17. The van der Waals surface area contributed by atoms with Crippen LogP contribution in [0.25, 0.3) is 0 Å². The van der Waals surface area contributed by atoms with Crippen LogP contribution in [0, 0.1) is 5.82 Å². The molecule has 1 aromatic carbocycles. The summed E-state index contributed by atoms with van der Waals surface area (Å²) in [5.41, 5.74) is 0.858. The molecule has 0 radical (unpaired) electrons. The molecule has 1 fully saturated rings. The maximum Gasteiger partial charge on any atom is 0.125 e. The van der Waals surface area contributed by atoms with E-state index >= 15 is 0 Å². The molecule has 0 amide bonds. The second kappa shape index (κ2) is 3.34. The molecule has 1 aliphatic heterocycles. The van der Waals surface area contributed by atoms with Gasteiger partial charge < -0.3 is 10.0 Å². The van der Waals surface area contributed by atoms with Crippen LogP contribution in [0.4, 0.5) is 10.1 Å². The average molecular weight is 181 g/mol. The minimum atomic E-state index is -0.261. The van der Waals surface area contributed by atoms with Crippen LogP contribution in [0.5, 0.6) is 0 Å². The maximum absolute atomic E-state index is 12.8. The predicted molar refractivity (Wildman–Crippen MR) is 49.2 cm³/mol. The normalized spacial score (nSPS) is 22.3. The summed E-state index contributed by atoms with van der Waals surface area (Å²) >= 11 is 0. The Morgan fingerprint density at radius 1 is 1.46 bits per heavy atom. The Bertz CT molecular complexity index is 303. The zero-order valence-electron chi connectivity index (χ0n) is 7.28. The fraction of sp³-hybridized carbons (Fsp3) is 0.400. The fourth-order valence-corrected chi connectivity index (χ4v) is 1.65. The Hall–Kier alpha value is -1.09. The van der Waals surface area contributed by atoms with Crippen LogP contribution in [-0.2, 0) is 0 Å². The summed E-state index contributed by atoms with van der Waals surface area (Å²) < 4.78 is 12.8. The predicted octanol–water partition coefficient (Wildman–Crippen LogP) is 1.40. The van der Waals surface area contributed by atoms with Crippen LogP contribution in [0.2, 0.25) is 0 Å². The largest absolute Gasteiger partial charge is 0.391 e. The third-order valence-corrected chi connectivity index (χ3v) is 2.34. The standard InChI is InChI=1S/C10H12FNO/c11-8-2-1-3-9(6-8)12-5-4-10(13)7-12/h1-3,6,10,13H,4-5,7H2/t10-/m0/s1. The maximum atomic E-state index is 12.8. The van der Waals surface area contributed by atoms with Gasteiger partial charge in [-0.1, -0.05) is 6.07 Å². The summed E-state index contributed by atoms with van der Waals surface area (Å²) in [4.78, 5) is 1.99. The van der Waals surface area contributed by atoms with Crippen molar-refractivity contribution in [2.24, 2.45) is 0 Å². The summed E-state index contributed by atoms with van der Waals surface area (Å²) in [5, 5.41) is 9.29. The van der Waals surface area contributed by atoms with Crippen LogP contribution in [0.1, 0.15) is 6.42 Å². The van der Waals surface area contributed by atoms with Crippen molar-refractivity contribution < 1.29 is 9.50 Å². The number of benzene rings is 1. The molecule has 2 rings (SSSR count). The highest BCUT2D eigenvalue weighted by Crippen LogP contribution is 2.20. The summed E-state index contributed by atoms with van der Waals surface area (Å²) in [7, 11) is 0. The van der Waals surface area contributed by atoms with E-state index in [2.05, 4.69) is 0 Å². The molecule has 13 heavy (non-hydrogen) atoms. The van der Waals surface area contributed by atoms with Gasteiger partial charge in [-0.05, 0) is 24.6 Å². The molecule has 1 saturated heterocycles. The zero-order valence-corrected chi connectivity index (χ0v) is 7.28. The van der Waals surface area contributed by atoms with E-state index in [-0.39, 0.29) is 11.9 Å². The third kappa shape index (κ3) is 1.80.